The van der Waals surface area contributed by atoms with Crippen molar-refractivity contribution in [1.29, 1.82) is 0 Å². The number of aliphatic carboxylic acids is 1. The van der Waals surface area contributed by atoms with Crippen LogP contribution in [0.1, 0.15) is 91.4 Å². The Morgan fingerprint density at radius 3 is 2.48 bits per heavy atom. The zero-order chi connectivity index (χ0) is 22.5. The van der Waals surface area contributed by atoms with Crippen molar-refractivity contribution >= 4 is 5.97 Å². The van der Waals surface area contributed by atoms with Gasteiger partial charge in [-0.3, -0.25) is 4.79 Å². The summed E-state index contributed by atoms with van der Waals surface area (Å²) in [6, 6.07) is 0. The molecule has 4 rings (SSSR count). The van der Waals surface area contributed by atoms with Gasteiger partial charge in [0.25, 0.3) is 0 Å². The third-order valence-corrected chi connectivity index (χ3v) is 10.5. The number of ether oxygens (including phenoxy) is 2. The normalized spacial score (nSPS) is 49.2. The summed E-state index contributed by atoms with van der Waals surface area (Å²) in [6.07, 6.45) is 8.65. The molecule has 6 nitrogen and oxygen atoms in total. The molecular weight excluding hydrogens is 396 g/mol. The van der Waals surface area contributed by atoms with Crippen molar-refractivity contribution in [2.24, 2.45) is 28.6 Å². The predicted molar refractivity (Wildman–Crippen MR) is 116 cm³/mol. The first-order chi connectivity index (χ1) is 14.6. The summed E-state index contributed by atoms with van der Waals surface area (Å²) in [5.41, 5.74) is -2.42. The zero-order valence-electron chi connectivity index (χ0n) is 19.6. The summed E-state index contributed by atoms with van der Waals surface area (Å²) in [7, 11) is 0. The molecule has 0 aliphatic heterocycles. The van der Waals surface area contributed by atoms with Crippen LogP contribution >= 0.6 is 0 Å². The van der Waals surface area contributed by atoms with Crippen molar-refractivity contribution in [3.05, 3.63) is 0 Å². The van der Waals surface area contributed by atoms with Gasteiger partial charge in [-0.05, 0) is 94.3 Å². The number of carboxylic acids is 1. The molecule has 6 heteroatoms. The molecule has 0 spiro atoms. The molecule has 4 aliphatic carbocycles. The fraction of sp³-hybridized carbons (Fsp3) is 0.960. The molecule has 1 unspecified atom stereocenters. The molecule has 0 aromatic rings. The highest BCUT2D eigenvalue weighted by Crippen LogP contribution is 2.70. The molecule has 0 amide bonds. The van der Waals surface area contributed by atoms with Gasteiger partial charge in [0.15, 0.2) is 0 Å². The smallest absolute Gasteiger partial charge is 0.303 e. The minimum atomic E-state index is -1.09. The quantitative estimate of drug-likeness (QED) is 0.409. The second-order valence-corrected chi connectivity index (χ2v) is 11.4. The number of fused-ring (bicyclic) bond motifs is 5. The molecule has 0 bridgehead atoms. The van der Waals surface area contributed by atoms with Crippen molar-refractivity contribution in [2.75, 3.05) is 13.4 Å². The second-order valence-electron chi connectivity index (χ2n) is 11.4. The Morgan fingerprint density at radius 2 is 1.77 bits per heavy atom. The van der Waals surface area contributed by atoms with Crippen LogP contribution in [0.15, 0.2) is 0 Å². The summed E-state index contributed by atoms with van der Waals surface area (Å²) < 4.78 is 11.4. The maximum absolute atomic E-state index is 12.1. The largest absolute Gasteiger partial charge is 0.481 e. The van der Waals surface area contributed by atoms with Crippen LogP contribution in [-0.2, 0) is 14.3 Å². The van der Waals surface area contributed by atoms with Gasteiger partial charge < -0.3 is 24.8 Å². The summed E-state index contributed by atoms with van der Waals surface area (Å²) in [5, 5.41) is 32.8. The molecule has 0 aromatic carbocycles. The van der Waals surface area contributed by atoms with E-state index in [4.69, 9.17) is 9.47 Å². The number of carboxylic acid groups (broad SMARTS) is 1. The standard InChI is InChI=1S/C25H42O6/c1-4-30-16-31-18-7-10-22(2)17(15-18)5-6-20-19(22)8-11-23(3)24(28,12-9-21(26)27)13-14-25(20,23)29/h17-20,28-29H,4-16H2,1-3H3,(H,26,27)/t17-,18+,19+,20-,22+,23-,24?,25+/m1/s1. The molecule has 0 radical (unpaired) electrons. The zero-order valence-corrected chi connectivity index (χ0v) is 19.6. The molecule has 4 saturated carbocycles. The lowest BCUT2D eigenvalue weighted by atomic mass is 9.43. The highest BCUT2D eigenvalue weighted by atomic mass is 16.7. The van der Waals surface area contributed by atoms with E-state index in [1.807, 2.05) is 13.8 Å². The highest BCUT2D eigenvalue weighted by Gasteiger charge is 2.71. The Kier molecular flexibility index (Phi) is 6.26. The van der Waals surface area contributed by atoms with E-state index in [9.17, 15) is 20.1 Å². The van der Waals surface area contributed by atoms with Gasteiger partial charge in [-0.1, -0.05) is 13.8 Å². The van der Waals surface area contributed by atoms with Crippen molar-refractivity contribution in [1.82, 2.24) is 0 Å². The molecule has 4 fully saturated rings. The molecule has 3 N–H and O–H groups in total. The van der Waals surface area contributed by atoms with E-state index in [0.717, 1.165) is 44.9 Å². The van der Waals surface area contributed by atoms with Crippen molar-refractivity contribution in [2.45, 2.75) is 109 Å². The van der Waals surface area contributed by atoms with Crippen LogP contribution < -0.4 is 0 Å². The summed E-state index contributed by atoms with van der Waals surface area (Å²) in [6.45, 7) is 7.50. The van der Waals surface area contributed by atoms with Crippen LogP contribution in [0.5, 0.6) is 0 Å². The molecule has 178 valence electrons. The first-order valence-corrected chi connectivity index (χ1v) is 12.5. The topological polar surface area (TPSA) is 96.2 Å². The number of aliphatic hydroxyl groups is 2. The Hall–Kier alpha value is -0.690. The van der Waals surface area contributed by atoms with E-state index in [-0.39, 0.29) is 30.3 Å². The van der Waals surface area contributed by atoms with Gasteiger partial charge in [0.05, 0.1) is 17.3 Å². The van der Waals surface area contributed by atoms with Crippen LogP contribution in [0.2, 0.25) is 0 Å². The average molecular weight is 439 g/mol. The third kappa shape index (κ3) is 3.56. The van der Waals surface area contributed by atoms with E-state index in [1.54, 1.807) is 0 Å². The van der Waals surface area contributed by atoms with Crippen LogP contribution in [0.25, 0.3) is 0 Å². The van der Waals surface area contributed by atoms with E-state index >= 15 is 0 Å². The summed E-state index contributed by atoms with van der Waals surface area (Å²) >= 11 is 0. The molecule has 8 atom stereocenters. The van der Waals surface area contributed by atoms with E-state index in [0.29, 0.717) is 38.1 Å². The van der Waals surface area contributed by atoms with Gasteiger partial charge in [-0.2, -0.15) is 0 Å². The van der Waals surface area contributed by atoms with Gasteiger partial charge in [0.1, 0.15) is 6.79 Å². The molecule has 31 heavy (non-hydrogen) atoms. The van der Waals surface area contributed by atoms with Crippen LogP contribution in [-0.4, -0.2) is 52.0 Å². The average Bonchev–Trinajstić information content (AvgIpc) is 2.94. The van der Waals surface area contributed by atoms with Gasteiger partial charge in [-0.25, -0.2) is 0 Å². The van der Waals surface area contributed by atoms with Gasteiger partial charge in [0, 0.05) is 18.4 Å². The lowest BCUT2D eigenvalue weighted by Gasteiger charge is -2.64. The van der Waals surface area contributed by atoms with Crippen molar-refractivity contribution in [3.63, 3.8) is 0 Å². The molecule has 0 saturated heterocycles. The predicted octanol–water partition coefficient (Wildman–Crippen LogP) is 4.12. The minimum absolute atomic E-state index is 0.0425. The Balaban J connectivity index is 1.51. The number of rotatable bonds is 7. The fourth-order valence-electron chi connectivity index (χ4n) is 8.39. The highest BCUT2D eigenvalue weighted by molar-refractivity contribution is 5.66. The van der Waals surface area contributed by atoms with Gasteiger partial charge >= 0.3 is 5.97 Å². The molecule has 0 aromatic heterocycles. The first kappa shape index (κ1) is 23.5. The monoisotopic (exact) mass is 438 g/mol. The summed E-state index contributed by atoms with van der Waals surface area (Å²) in [4.78, 5) is 11.2. The van der Waals surface area contributed by atoms with E-state index in [1.165, 1.54) is 0 Å². The van der Waals surface area contributed by atoms with E-state index < -0.39 is 22.6 Å². The Morgan fingerprint density at radius 1 is 1.00 bits per heavy atom. The fourth-order valence-corrected chi connectivity index (χ4v) is 8.39. The Bertz CT molecular complexity index is 683. The van der Waals surface area contributed by atoms with Crippen molar-refractivity contribution in [3.8, 4) is 0 Å². The SMILES string of the molecule is CCOCO[C@H]1CC[C@@]2(C)[C@H](CC[C@@H]3[C@@H]2CC[C@]2(C)C(O)(CCC(=O)O)CC[C@]32O)C1. The lowest BCUT2D eigenvalue weighted by molar-refractivity contribution is -0.239. The van der Waals surface area contributed by atoms with Gasteiger partial charge in [0.2, 0.25) is 0 Å². The number of hydrogen-bond donors (Lipinski definition) is 3. The number of carbonyl (C=O) groups is 1. The first-order valence-electron chi connectivity index (χ1n) is 12.5. The van der Waals surface area contributed by atoms with Crippen LogP contribution in [0.4, 0.5) is 0 Å². The maximum Gasteiger partial charge on any atom is 0.303 e. The lowest BCUT2D eigenvalue weighted by Crippen LogP contribution is -2.65. The van der Waals surface area contributed by atoms with E-state index in [2.05, 4.69) is 6.92 Å². The van der Waals surface area contributed by atoms with Crippen LogP contribution in [0, 0.1) is 28.6 Å². The van der Waals surface area contributed by atoms with Gasteiger partial charge in [-0.15, -0.1) is 0 Å². The molecule has 0 heterocycles. The Labute approximate surface area is 186 Å². The molecule has 4 aliphatic rings. The van der Waals surface area contributed by atoms with Crippen LogP contribution in [0.3, 0.4) is 0 Å². The second kappa shape index (κ2) is 8.27. The number of hydrogen-bond acceptors (Lipinski definition) is 5. The summed E-state index contributed by atoms with van der Waals surface area (Å²) in [5.74, 6) is 0.373. The maximum atomic E-state index is 12.1. The third-order valence-electron chi connectivity index (χ3n) is 10.5. The van der Waals surface area contributed by atoms with Crippen molar-refractivity contribution < 1.29 is 29.6 Å². The minimum Gasteiger partial charge on any atom is -0.481 e. The molecular formula is C25H42O6.